The number of hydrogen-bond donors (Lipinski definition) is 1. The molecule has 0 unspecified atom stereocenters. The average molecular weight is 491 g/mol. The predicted octanol–water partition coefficient (Wildman–Crippen LogP) is 3.50. The van der Waals surface area contributed by atoms with Crippen molar-refractivity contribution in [2.45, 2.75) is 32.5 Å². The number of methoxy groups -OCH3 is 1. The van der Waals surface area contributed by atoms with E-state index in [2.05, 4.69) is 28.8 Å². The number of aliphatic hydroxyl groups is 1. The van der Waals surface area contributed by atoms with E-state index in [1.54, 1.807) is 30.6 Å². The molecule has 0 spiro atoms. The number of fused-ring (bicyclic) bond motifs is 1. The highest BCUT2D eigenvalue weighted by Gasteiger charge is 2.34. The molecule has 0 aliphatic carbocycles. The smallest absolute Gasteiger partial charge is 0.259 e. The number of nitrogens with zero attached hydrogens (tertiary/aromatic N) is 4. The van der Waals surface area contributed by atoms with Gasteiger partial charge in [-0.3, -0.25) is 14.7 Å². The molecule has 36 heavy (non-hydrogen) atoms. The summed E-state index contributed by atoms with van der Waals surface area (Å²) in [5, 5.41) is 9.90. The lowest BCUT2D eigenvalue weighted by atomic mass is 9.99. The summed E-state index contributed by atoms with van der Waals surface area (Å²) in [6, 6.07) is 13.1. The molecule has 3 aromatic rings. The quantitative estimate of drug-likeness (QED) is 0.517. The molecule has 0 bridgehead atoms. The lowest BCUT2D eigenvalue weighted by Gasteiger charge is -2.37. The Hall–Kier alpha value is -3.49. The molecular weight excluding hydrogens is 456 g/mol. The molecule has 1 aliphatic heterocycles. The highest BCUT2D eigenvalue weighted by molar-refractivity contribution is 5.98. The Morgan fingerprint density at radius 3 is 2.72 bits per heavy atom. The number of aromatic nitrogens is 2. The number of hydrogen-bond acceptors (Lipinski definition) is 7. The molecule has 2 aromatic heterocycles. The predicted molar refractivity (Wildman–Crippen MR) is 138 cm³/mol. The minimum atomic E-state index is -0.332. The van der Waals surface area contributed by atoms with Crippen molar-refractivity contribution < 1.29 is 19.4 Å². The van der Waals surface area contributed by atoms with Gasteiger partial charge in [0.2, 0.25) is 5.88 Å². The Bertz CT molecular complexity index is 1170. The Kier molecular flexibility index (Phi) is 8.18. The third kappa shape index (κ3) is 5.83. The fourth-order valence-electron chi connectivity index (χ4n) is 4.45. The van der Waals surface area contributed by atoms with E-state index in [1.807, 2.05) is 49.4 Å². The van der Waals surface area contributed by atoms with Crippen molar-refractivity contribution in [3.05, 3.63) is 72.2 Å². The molecule has 0 saturated heterocycles. The highest BCUT2D eigenvalue weighted by Crippen LogP contribution is 2.31. The summed E-state index contributed by atoms with van der Waals surface area (Å²) in [4.78, 5) is 26.3. The van der Waals surface area contributed by atoms with E-state index < -0.39 is 0 Å². The van der Waals surface area contributed by atoms with Crippen molar-refractivity contribution in [2.24, 2.45) is 5.92 Å². The number of rotatable bonds is 8. The molecule has 0 saturated carbocycles. The van der Waals surface area contributed by atoms with Crippen LogP contribution in [0.4, 0.5) is 0 Å². The van der Waals surface area contributed by atoms with Gasteiger partial charge in [-0.1, -0.05) is 19.1 Å². The normalized spacial score (nSPS) is 18.7. The monoisotopic (exact) mass is 490 g/mol. The van der Waals surface area contributed by atoms with E-state index >= 15 is 0 Å². The molecule has 3 atom stereocenters. The number of aliphatic hydroxyl groups excluding tert-OH is 1. The van der Waals surface area contributed by atoms with Crippen molar-refractivity contribution in [1.29, 1.82) is 0 Å². The molecule has 0 fully saturated rings. The maximum atomic E-state index is 13.7. The van der Waals surface area contributed by atoms with Crippen LogP contribution >= 0.6 is 0 Å². The number of pyridine rings is 2. The van der Waals surface area contributed by atoms with Gasteiger partial charge in [0.25, 0.3) is 5.91 Å². The number of likely N-dealkylation sites (N-methyl/N-ethyl adjacent to an activating group) is 1. The number of ether oxygens (including phenoxy) is 2. The largest absolute Gasteiger partial charge is 0.497 e. The van der Waals surface area contributed by atoms with Gasteiger partial charge in [-0.2, -0.15) is 0 Å². The zero-order valence-electron chi connectivity index (χ0n) is 21.3. The zero-order chi connectivity index (χ0) is 25.7. The van der Waals surface area contributed by atoms with Crippen LogP contribution in [-0.4, -0.2) is 76.8 Å². The summed E-state index contributed by atoms with van der Waals surface area (Å²) < 4.78 is 11.8. The van der Waals surface area contributed by atoms with Crippen molar-refractivity contribution in [3.8, 4) is 22.8 Å². The maximum Gasteiger partial charge on any atom is 0.259 e. The molecular formula is C28H34N4O4. The number of amides is 1. The van der Waals surface area contributed by atoms with Crippen molar-refractivity contribution in [1.82, 2.24) is 19.8 Å². The second-order valence-corrected chi connectivity index (χ2v) is 9.48. The van der Waals surface area contributed by atoms with Crippen LogP contribution in [0.5, 0.6) is 11.6 Å². The number of carbonyl (C=O) groups is 1. The first-order valence-corrected chi connectivity index (χ1v) is 12.2. The van der Waals surface area contributed by atoms with Crippen LogP contribution in [0, 0.1) is 5.92 Å². The summed E-state index contributed by atoms with van der Waals surface area (Å²) in [7, 11) is 3.67. The van der Waals surface area contributed by atoms with E-state index in [-0.39, 0.29) is 30.6 Å². The van der Waals surface area contributed by atoms with E-state index in [0.29, 0.717) is 24.5 Å². The third-order valence-electron chi connectivity index (χ3n) is 6.62. The second-order valence-electron chi connectivity index (χ2n) is 9.48. The topological polar surface area (TPSA) is 88.0 Å². The van der Waals surface area contributed by atoms with Gasteiger partial charge in [0.1, 0.15) is 17.4 Å². The Balaban J connectivity index is 1.66. The van der Waals surface area contributed by atoms with Crippen molar-refractivity contribution in [2.75, 3.05) is 33.9 Å². The van der Waals surface area contributed by atoms with E-state index in [9.17, 15) is 9.90 Å². The van der Waals surface area contributed by atoms with Crippen LogP contribution < -0.4 is 9.47 Å². The lowest BCUT2D eigenvalue weighted by molar-refractivity contribution is 0.0325. The summed E-state index contributed by atoms with van der Waals surface area (Å²) in [6.45, 7) is 5.68. The summed E-state index contributed by atoms with van der Waals surface area (Å²) in [6.07, 6.45) is 5.10. The summed E-state index contributed by atoms with van der Waals surface area (Å²) in [5.74, 6) is 0.870. The van der Waals surface area contributed by atoms with Gasteiger partial charge < -0.3 is 19.5 Å². The first kappa shape index (κ1) is 25.6. The molecule has 8 heteroatoms. The minimum absolute atomic E-state index is 0.0239. The molecule has 190 valence electrons. The van der Waals surface area contributed by atoms with Crippen molar-refractivity contribution in [3.63, 3.8) is 0 Å². The molecule has 1 N–H and O–H groups in total. The van der Waals surface area contributed by atoms with Crippen LogP contribution in [0.2, 0.25) is 0 Å². The highest BCUT2D eigenvalue weighted by atomic mass is 16.5. The average Bonchev–Trinajstić information content (AvgIpc) is 2.90. The zero-order valence-corrected chi connectivity index (χ0v) is 21.3. The van der Waals surface area contributed by atoms with Crippen LogP contribution in [0.1, 0.15) is 29.8 Å². The van der Waals surface area contributed by atoms with Gasteiger partial charge in [-0.05, 0) is 55.4 Å². The van der Waals surface area contributed by atoms with E-state index in [0.717, 1.165) is 29.0 Å². The van der Waals surface area contributed by atoms with Gasteiger partial charge in [-0.15, -0.1) is 0 Å². The minimum Gasteiger partial charge on any atom is -0.497 e. The maximum absolute atomic E-state index is 13.7. The first-order valence-electron chi connectivity index (χ1n) is 12.2. The SMILES string of the molecule is COc1cccc(-c2cnc3c(c2)C(=O)N([C@@H](C)CO)C[C@H](C)[C@@H](CN(C)Cc2ccncc2)O3)c1. The molecule has 0 radical (unpaired) electrons. The number of carbonyl (C=O) groups excluding carboxylic acids is 1. The van der Waals surface area contributed by atoms with Crippen LogP contribution in [-0.2, 0) is 6.54 Å². The fourth-order valence-corrected chi connectivity index (χ4v) is 4.45. The lowest BCUT2D eigenvalue weighted by Crippen LogP contribution is -2.49. The number of benzene rings is 1. The van der Waals surface area contributed by atoms with Gasteiger partial charge in [0.15, 0.2) is 0 Å². The molecule has 1 aromatic carbocycles. The van der Waals surface area contributed by atoms with Crippen molar-refractivity contribution >= 4 is 5.91 Å². The molecule has 4 rings (SSSR count). The van der Waals surface area contributed by atoms with Crippen LogP contribution in [0.25, 0.3) is 11.1 Å². The van der Waals surface area contributed by atoms with Gasteiger partial charge in [0.05, 0.1) is 19.8 Å². The summed E-state index contributed by atoms with van der Waals surface area (Å²) >= 11 is 0. The van der Waals surface area contributed by atoms with Gasteiger partial charge in [0, 0.05) is 49.7 Å². The summed E-state index contributed by atoms with van der Waals surface area (Å²) in [5.41, 5.74) is 3.24. The Labute approximate surface area is 212 Å². The molecule has 1 amide bonds. The van der Waals surface area contributed by atoms with E-state index in [1.165, 1.54) is 0 Å². The molecule has 8 nitrogen and oxygen atoms in total. The van der Waals surface area contributed by atoms with E-state index in [4.69, 9.17) is 9.47 Å². The first-order chi connectivity index (χ1) is 17.4. The van der Waals surface area contributed by atoms with Gasteiger partial charge in [-0.25, -0.2) is 4.98 Å². The molecule has 3 heterocycles. The van der Waals surface area contributed by atoms with Crippen LogP contribution in [0.15, 0.2) is 61.1 Å². The second kappa shape index (κ2) is 11.5. The Morgan fingerprint density at radius 1 is 1.22 bits per heavy atom. The standard InChI is InChI=1S/C28H34N4O4/c1-19-15-32(20(2)18-33)28(34)25-13-23(22-6-5-7-24(12-22)35-4)14-30-27(25)36-26(19)17-31(3)16-21-8-10-29-11-9-21/h5-14,19-20,26,33H,15-18H2,1-4H3/t19-,20-,26+/m0/s1. The van der Waals surface area contributed by atoms with Crippen LogP contribution in [0.3, 0.4) is 0 Å². The third-order valence-corrected chi connectivity index (χ3v) is 6.62. The fraction of sp³-hybridized carbons (Fsp3) is 0.393. The van der Waals surface area contributed by atoms with Gasteiger partial charge >= 0.3 is 0 Å². The molecule has 1 aliphatic rings. The Morgan fingerprint density at radius 2 is 2.00 bits per heavy atom.